The maximum atomic E-state index is 9.33. The van der Waals surface area contributed by atoms with E-state index in [1.54, 1.807) is 0 Å². The maximum absolute atomic E-state index is 9.33. The van der Waals surface area contributed by atoms with E-state index < -0.39 is 0 Å². The first kappa shape index (κ1) is 13.9. The summed E-state index contributed by atoms with van der Waals surface area (Å²) in [5.41, 5.74) is -0.204. The largest absolute Gasteiger partial charge is 0.394 e. The Labute approximate surface area is 99.0 Å². The highest BCUT2D eigenvalue weighted by molar-refractivity contribution is 4.84. The van der Waals surface area contributed by atoms with Gasteiger partial charge in [-0.3, -0.25) is 0 Å². The summed E-state index contributed by atoms with van der Waals surface area (Å²) in [6.45, 7) is 5.93. The first-order chi connectivity index (χ1) is 7.59. The molecule has 1 aliphatic heterocycles. The normalized spacial score (nSPS) is 25.7. The smallest absolute Gasteiger partial charge is 0.0623 e. The number of hydrogen-bond acceptors (Lipinski definition) is 4. The Morgan fingerprint density at radius 1 is 1.56 bits per heavy atom. The summed E-state index contributed by atoms with van der Waals surface area (Å²) in [7, 11) is 4.01. The van der Waals surface area contributed by atoms with E-state index in [4.69, 9.17) is 4.74 Å². The monoisotopic (exact) mass is 230 g/mol. The fourth-order valence-electron chi connectivity index (χ4n) is 2.26. The van der Waals surface area contributed by atoms with E-state index in [9.17, 15) is 5.11 Å². The van der Waals surface area contributed by atoms with Gasteiger partial charge in [-0.25, -0.2) is 0 Å². The third-order valence-electron chi connectivity index (χ3n) is 3.40. The van der Waals surface area contributed by atoms with Crippen LogP contribution in [0.1, 0.15) is 19.8 Å². The molecule has 2 unspecified atom stereocenters. The van der Waals surface area contributed by atoms with Crippen LogP contribution < -0.4 is 5.32 Å². The summed E-state index contributed by atoms with van der Waals surface area (Å²) in [6, 6.07) is 0. The van der Waals surface area contributed by atoms with Crippen LogP contribution in [0, 0.1) is 5.92 Å². The van der Waals surface area contributed by atoms with E-state index in [2.05, 4.69) is 17.3 Å². The topological polar surface area (TPSA) is 44.7 Å². The lowest BCUT2D eigenvalue weighted by atomic mass is 9.99. The predicted octanol–water partition coefficient (Wildman–Crippen LogP) is 0.315. The van der Waals surface area contributed by atoms with Gasteiger partial charge >= 0.3 is 0 Å². The minimum Gasteiger partial charge on any atom is -0.394 e. The highest BCUT2D eigenvalue weighted by atomic mass is 16.5. The molecule has 1 heterocycles. The van der Waals surface area contributed by atoms with Gasteiger partial charge in [0.15, 0.2) is 0 Å². The highest BCUT2D eigenvalue weighted by Crippen LogP contribution is 2.15. The summed E-state index contributed by atoms with van der Waals surface area (Å²) >= 11 is 0. The molecular formula is C12H26N2O2. The molecular weight excluding hydrogens is 204 g/mol. The van der Waals surface area contributed by atoms with Crippen molar-refractivity contribution in [2.75, 3.05) is 47.0 Å². The lowest BCUT2D eigenvalue weighted by Crippen LogP contribution is -2.52. The molecule has 0 saturated carbocycles. The van der Waals surface area contributed by atoms with Gasteiger partial charge < -0.3 is 20.1 Å². The number of nitrogens with one attached hydrogen (secondary N) is 1. The molecule has 2 N–H and O–H groups in total. The molecule has 1 rings (SSSR count). The Balaban J connectivity index is 2.30. The van der Waals surface area contributed by atoms with Crippen molar-refractivity contribution in [3.8, 4) is 0 Å². The summed E-state index contributed by atoms with van der Waals surface area (Å²) < 4.78 is 5.47. The lowest BCUT2D eigenvalue weighted by molar-refractivity contribution is 0.0361. The molecule has 96 valence electrons. The second kappa shape index (κ2) is 6.55. The molecule has 4 nitrogen and oxygen atoms in total. The molecule has 1 saturated heterocycles. The van der Waals surface area contributed by atoms with Crippen molar-refractivity contribution in [3.63, 3.8) is 0 Å². The van der Waals surface area contributed by atoms with E-state index in [0.717, 1.165) is 26.3 Å². The second-order valence-corrected chi connectivity index (χ2v) is 5.25. The van der Waals surface area contributed by atoms with E-state index in [1.165, 1.54) is 12.8 Å². The molecule has 0 aliphatic carbocycles. The third-order valence-corrected chi connectivity index (χ3v) is 3.40. The van der Waals surface area contributed by atoms with Crippen LogP contribution in [0.3, 0.4) is 0 Å². The quantitative estimate of drug-likeness (QED) is 0.689. The molecule has 0 aromatic rings. The Morgan fingerprint density at radius 3 is 2.81 bits per heavy atom. The van der Waals surface area contributed by atoms with E-state index in [-0.39, 0.29) is 12.1 Å². The average Bonchev–Trinajstić information content (AvgIpc) is 2.30. The summed E-state index contributed by atoms with van der Waals surface area (Å²) in [5, 5.41) is 12.5. The van der Waals surface area contributed by atoms with Gasteiger partial charge in [0.25, 0.3) is 0 Å². The summed E-state index contributed by atoms with van der Waals surface area (Å²) in [4.78, 5) is 2.28. The van der Waals surface area contributed by atoms with Crippen LogP contribution >= 0.6 is 0 Å². The second-order valence-electron chi connectivity index (χ2n) is 5.25. The van der Waals surface area contributed by atoms with Gasteiger partial charge in [0.1, 0.15) is 0 Å². The van der Waals surface area contributed by atoms with Crippen molar-refractivity contribution in [2.24, 2.45) is 5.92 Å². The van der Waals surface area contributed by atoms with Gasteiger partial charge in [0.2, 0.25) is 0 Å². The standard InChI is InChI=1S/C12H26N2O2/c1-12(10-15,13-2)9-14(3)7-11-5-4-6-16-8-11/h11,13,15H,4-10H2,1-3H3. The number of aliphatic hydroxyl groups is 1. The van der Waals surface area contributed by atoms with Crippen molar-refractivity contribution in [3.05, 3.63) is 0 Å². The Kier molecular flexibility index (Phi) is 5.69. The van der Waals surface area contributed by atoms with Crippen LogP contribution in [0.5, 0.6) is 0 Å². The number of nitrogens with zero attached hydrogens (tertiary/aromatic N) is 1. The molecule has 4 heteroatoms. The average molecular weight is 230 g/mol. The molecule has 0 bridgehead atoms. The molecule has 0 aromatic carbocycles. The minimum atomic E-state index is -0.204. The minimum absolute atomic E-state index is 0.162. The van der Waals surface area contributed by atoms with Crippen LogP contribution in [-0.2, 0) is 4.74 Å². The Bertz CT molecular complexity index is 189. The number of hydrogen-bond donors (Lipinski definition) is 2. The van der Waals surface area contributed by atoms with E-state index in [0.29, 0.717) is 5.92 Å². The summed E-state index contributed by atoms with van der Waals surface area (Å²) in [5.74, 6) is 0.651. The molecule has 2 atom stereocenters. The molecule has 0 aromatic heterocycles. The SMILES string of the molecule is CNC(C)(CO)CN(C)CC1CCCOC1. The van der Waals surface area contributed by atoms with E-state index >= 15 is 0 Å². The molecule has 1 aliphatic rings. The molecule has 1 fully saturated rings. The zero-order valence-electron chi connectivity index (χ0n) is 10.8. The lowest BCUT2D eigenvalue weighted by Gasteiger charge is -2.34. The Morgan fingerprint density at radius 2 is 2.31 bits per heavy atom. The van der Waals surface area contributed by atoms with Crippen LogP contribution in [0.2, 0.25) is 0 Å². The van der Waals surface area contributed by atoms with Crippen molar-refractivity contribution < 1.29 is 9.84 Å². The fraction of sp³-hybridized carbons (Fsp3) is 1.00. The van der Waals surface area contributed by atoms with Gasteiger partial charge in [-0.2, -0.15) is 0 Å². The van der Waals surface area contributed by atoms with Crippen LogP contribution in [0.15, 0.2) is 0 Å². The number of rotatable bonds is 6. The van der Waals surface area contributed by atoms with Crippen LogP contribution in [0.4, 0.5) is 0 Å². The number of ether oxygens (including phenoxy) is 1. The van der Waals surface area contributed by atoms with Crippen molar-refractivity contribution in [2.45, 2.75) is 25.3 Å². The number of aliphatic hydroxyl groups excluding tert-OH is 1. The van der Waals surface area contributed by atoms with Crippen molar-refractivity contribution >= 4 is 0 Å². The predicted molar refractivity (Wildman–Crippen MR) is 65.6 cm³/mol. The zero-order chi connectivity index (χ0) is 12.0. The first-order valence-corrected chi connectivity index (χ1v) is 6.16. The van der Waals surface area contributed by atoms with Crippen molar-refractivity contribution in [1.29, 1.82) is 0 Å². The molecule has 0 spiro atoms. The maximum Gasteiger partial charge on any atom is 0.0623 e. The molecule has 0 radical (unpaired) electrons. The van der Waals surface area contributed by atoms with Crippen LogP contribution in [0.25, 0.3) is 0 Å². The summed E-state index contributed by atoms with van der Waals surface area (Å²) in [6.07, 6.45) is 2.45. The van der Waals surface area contributed by atoms with Gasteiger partial charge in [0, 0.05) is 19.7 Å². The van der Waals surface area contributed by atoms with Gasteiger partial charge in [0.05, 0.1) is 18.8 Å². The van der Waals surface area contributed by atoms with Gasteiger partial charge in [-0.1, -0.05) is 0 Å². The number of likely N-dealkylation sites (N-methyl/N-ethyl adjacent to an activating group) is 2. The zero-order valence-corrected chi connectivity index (χ0v) is 10.8. The van der Waals surface area contributed by atoms with Crippen molar-refractivity contribution in [1.82, 2.24) is 10.2 Å². The van der Waals surface area contributed by atoms with Gasteiger partial charge in [-0.15, -0.1) is 0 Å². The third kappa shape index (κ3) is 4.37. The van der Waals surface area contributed by atoms with Crippen LogP contribution in [-0.4, -0.2) is 62.6 Å². The molecule has 16 heavy (non-hydrogen) atoms. The van der Waals surface area contributed by atoms with Gasteiger partial charge in [-0.05, 0) is 39.8 Å². The Hall–Kier alpha value is -0.160. The fourth-order valence-corrected chi connectivity index (χ4v) is 2.26. The first-order valence-electron chi connectivity index (χ1n) is 6.16. The highest BCUT2D eigenvalue weighted by Gasteiger charge is 2.24. The molecule has 0 amide bonds. The van der Waals surface area contributed by atoms with E-state index in [1.807, 2.05) is 14.0 Å².